The molecule has 1 fully saturated rings. The molecule has 58 valence electrons. The normalized spacial score (nSPS) is 21.8. The number of benzene rings is 1. The van der Waals surface area contributed by atoms with Gasteiger partial charge in [-0.2, -0.15) is 0 Å². The summed E-state index contributed by atoms with van der Waals surface area (Å²) in [6.07, 6.45) is 0. The Morgan fingerprint density at radius 2 is 2.09 bits per heavy atom. The molecule has 1 aliphatic rings. The van der Waals surface area contributed by atoms with Gasteiger partial charge in [-0.05, 0) is 25.0 Å². The van der Waals surface area contributed by atoms with Crippen LogP contribution in [0.3, 0.4) is 0 Å². The van der Waals surface area contributed by atoms with Gasteiger partial charge in [0.05, 0.1) is 0 Å². The van der Waals surface area contributed by atoms with E-state index >= 15 is 0 Å². The minimum Gasteiger partial charge on any atom is -0.307 e. The molecule has 2 rings (SSSR count). The van der Waals surface area contributed by atoms with Crippen LogP contribution in [0.5, 0.6) is 0 Å². The Labute approximate surface area is 67.4 Å². The Kier molecular flexibility index (Phi) is 1.46. The molecule has 0 amide bonds. The second kappa shape index (κ2) is 2.35. The molecule has 0 radical (unpaired) electrons. The van der Waals surface area contributed by atoms with Gasteiger partial charge in [-0.25, -0.2) is 0 Å². The van der Waals surface area contributed by atoms with Crippen molar-refractivity contribution in [3.8, 4) is 0 Å². The maximum Gasteiger partial charge on any atom is 0.0450 e. The van der Waals surface area contributed by atoms with Gasteiger partial charge in [0, 0.05) is 12.6 Å². The predicted molar refractivity (Wildman–Crippen MR) is 46.7 cm³/mol. The van der Waals surface area contributed by atoms with Gasteiger partial charge in [0.2, 0.25) is 0 Å². The van der Waals surface area contributed by atoms with E-state index in [4.69, 9.17) is 0 Å². The van der Waals surface area contributed by atoms with E-state index in [1.165, 1.54) is 16.7 Å². The lowest BCUT2D eigenvalue weighted by Crippen LogP contribution is -1.89. The zero-order valence-electron chi connectivity index (χ0n) is 7.02. The fraction of sp³-hybridized carbons (Fsp3) is 0.400. The molecule has 1 saturated heterocycles. The minimum atomic E-state index is 0.648. The molecule has 0 aliphatic carbocycles. The Balaban J connectivity index is 2.42. The molecule has 0 saturated carbocycles. The van der Waals surface area contributed by atoms with Gasteiger partial charge >= 0.3 is 0 Å². The molecule has 1 aliphatic heterocycles. The van der Waals surface area contributed by atoms with Crippen molar-refractivity contribution in [3.05, 3.63) is 34.9 Å². The van der Waals surface area contributed by atoms with Crippen molar-refractivity contribution in [1.29, 1.82) is 0 Å². The summed E-state index contributed by atoms with van der Waals surface area (Å²) in [5.41, 5.74) is 4.25. The van der Waals surface area contributed by atoms with Crippen molar-refractivity contribution in [2.75, 3.05) is 6.54 Å². The summed E-state index contributed by atoms with van der Waals surface area (Å²) in [6, 6.07) is 7.29. The minimum absolute atomic E-state index is 0.648. The fourth-order valence-corrected chi connectivity index (χ4v) is 1.41. The molecular weight excluding hydrogens is 134 g/mol. The van der Waals surface area contributed by atoms with E-state index in [9.17, 15) is 0 Å². The van der Waals surface area contributed by atoms with Crippen LogP contribution in [-0.2, 0) is 0 Å². The van der Waals surface area contributed by atoms with E-state index in [0.29, 0.717) is 6.04 Å². The van der Waals surface area contributed by atoms with Crippen molar-refractivity contribution in [1.82, 2.24) is 5.32 Å². The quantitative estimate of drug-likeness (QED) is 0.602. The van der Waals surface area contributed by atoms with E-state index in [1.54, 1.807) is 0 Å². The molecule has 11 heavy (non-hydrogen) atoms. The van der Waals surface area contributed by atoms with E-state index < -0.39 is 0 Å². The van der Waals surface area contributed by atoms with E-state index in [0.717, 1.165) is 6.54 Å². The third-order valence-corrected chi connectivity index (χ3v) is 2.22. The van der Waals surface area contributed by atoms with Crippen molar-refractivity contribution >= 4 is 0 Å². The van der Waals surface area contributed by atoms with Crippen LogP contribution >= 0.6 is 0 Å². The SMILES string of the molecule is Cc1ccc(C)c(C2CN2)c1. The number of nitrogens with one attached hydrogen (secondary N) is 1. The highest BCUT2D eigenvalue weighted by atomic mass is 15.1. The lowest BCUT2D eigenvalue weighted by Gasteiger charge is -2.03. The summed E-state index contributed by atoms with van der Waals surface area (Å²) in [5.74, 6) is 0. The zero-order valence-corrected chi connectivity index (χ0v) is 7.02. The standard InChI is InChI=1S/C10H13N/c1-7-3-4-8(2)9(5-7)10-6-11-10/h3-5,10-11H,6H2,1-2H3. The van der Waals surface area contributed by atoms with Crippen LogP contribution in [0.2, 0.25) is 0 Å². The first-order chi connectivity index (χ1) is 5.27. The number of hydrogen-bond acceptors (Lipinski definition) is 1. The second-order valence-electron chi connectivity index (χ2n) is 3.32. The molecule has 1 unspecified atom stereocenters. The number of hydrogen-bond donors (Lipinski definition) is 1. The van der Waals surface area contributed by atoms with Crippen molar-refractivity contribution < 1.29 is 0 Å². The van der Waals surface area contributed by atoms with Gasteiger partial charge in [-0.15, -0.1) is 0 Å². The number of aryl methyl sites for hydroxylation is 2. The first kappa shape index (κ1) is 6.86. The maximum absolute atomic E-state index is 3.32. The van der Waals surface area contributed by atoms with E-state index in [2.05, 4.69) is 37.4 Å². The Morgan fingerprint density at radius 3 is 2.73 bits per heavy atom. The fourth-order valence-electron chi connectivity index (χ4n) is 1.41. The van der Waals surface area contributed by atoms with Gasteiger partial charge in [0.1, 0.15) is 0 Å². The van der Waals surface area contributed by atoms with E-state index in [1.807, 2.05) is 0 Å². The molecule has 1 N–H and O–H groups in total. The summed E-state index contributed by atoms with van der Waals surface area (Å²) in [6.45, 7) is 5.48. The van der Waals surface area contributed by atoms with Crippen LogP contribution in [0, 0.1) is 13.8 Å². The Hall–Kier alpha value is -0.820. The summed E-state index contributed by atoms with van der Waals surface area (Å²) < 4.78 is 0. The van der Waals surface area contributed by atoms with Gasteiger partial charge in [0.15, 0.2) is 0 Å². The van der Waals surface area contributed by atoms with Gasteiger partial charge < -0.3 is 5.32 Å². The first-order valence-corrected chi connectivity index (χ1v) is 4.08. The molecule has 0 bridgehead atoms. The average molecular weight is 147 g/mol. The zero-order chi connectivity index (χ0) is 7.84. The number of rotatable bonds is 1. The average Bonchev–Trinajstić information content (AvgIpc) is 2.76. The highest BCUT2D eigenvalue weighted by Crippen LogP contribution is 2.25. The van der Waals surface area contributed by atoms with Crippen LogP contribution < -0.4 is 5.32 Å². The molecule has 0 spiro atoms. The molecule has 1 nitrogen and oxygen atoms in total. The van der Waals surface area contributed by atoms with Crippen LogP contribution in [0.4, 0.5) is 0 Å². The lowest BCUT2D eigenvalue weighted by molar-refractivity contribution is 1.05. The third kappa shape index (κ3) is 1.29. The summed E-state index contributed by atoms with van der Waals surface area (Å²) in [7, 11) is 0. The van der Waals surface area contributed by atoms with Gasteiger partial charge in [-0.3, -0.25) is 0 Å². The van der Waals surface area contributed by atoms with Crippen LogP contribution in [0.25, 0.3) is 0 Å². The van der Waals surface area contributed by atoms with Crippen molar-refractivity contribution in [3.63, 3.8) is 0 Å². The predicted octanol–water partition coefficient (Wildman–Crippen LogP) is 1.95. The molecule has 1 aromatic rings. The van der Waals surface area contributed by atoms with Crippen molar-refractivity contribution in [2.24, 2.45) is 0 Å². The topological polar surface area (TPSA) is 21.9 Å². The summed E-state index contributed by atoms with van der Waals surface area (Å²) in [5, 5.41) is 3.32. The van der Waals surface area contributed by atoms with Gasteiger partial charge in [0.25, 0.3) is 0 Å². The second-order valence-corrected chi connectivity index (χ2v) is 3.32. The lowest BCUT2D eigenvalue weighted by atomic mass is 10.0. The van der Waals surface area contributed by atoms with Crippen LogP contribution in [0.1, 0.15) is 22.7 Å². The monoisotopic (exact) mass is 147 g/mol. The summed E-state index contributed by atoms with van der Waals surface area (Å²) in [4.78, 5) is 0. The smallest absolute Gasteiger partial charge is 0.0450 e. The van der Waals surface area contributed by atoms with E-state index in [-0.39, 0.29) is 0 Å². The molecule has 1 aromatic carbocycles. The van der Waals surface area contributed by atoms with Crippen LogP contribution in [0.15, 0.2) is 18.2 Å². The Bertz CT molecular complexity index is 274. The highest BCUT2D eigenvalue weighted by molar-refractivity contribution is 5.35. The third-order valence-electron chi connectivity index (χ3n) is 2.22. The maximum atomic E-state index is 3.32. The molecule has 1 heteroatoms. The Morgan fingerprint density at radius 1 is 1.36 bits per heavy atom. The summed E-state index contributed by atoms with van der Waals surface area (Å²) >= 11 is 0. The largest absolute Gasteiger partial charge is 0.307 e. The molecule has 1 atom stereocenters. The van der Waals surface area contributed by atoms with Gasteiger partial charge in [-0.1, -0.05) is 23.8 Å². The molecule has 0 aromatic heterocycles. The van der Waals surface area contributed by atoms with Crippen LogP contribution in [-0.4, -0.2) is 6.54 Å². The van der Waals surface area contributed by atoms with Crippen molar-refractivity contribution in [2.45, 2.75) is 19.9 Å². The molecule has 1 heterocycles. The first-order valence-electron chi connectivity index (χ1n) is 4.08. The molecular formula is C10H13N. The highest BCUT2D eigenvalue weighted by Gasteiger charge is 2.23.